The summed E-state index contributed by atoms with van der Waals surface area (Å²) in [6, 6.07) is 3.75. The molecule has 0 atom stereocenters. The quantitative estimate of drug-likeness (QED) is 0.680. The van der Waals surface area contributed by atoms with E-state index in [0.717, 1.165) is 5.56 Å². The van der Waals surface area contributed by atoms with Crippen LogP contribution in [0.1, 0.15) is 19.4 Å². The van der Waals surface area contributed by atoms with Crippen LogP contribution in [0.2, 0.25) is 0 Å². The number of ketones is 1. The second kappa shape index (κ2) is 4.00. The van der Waals surface area contributed by atoms with Gasteiger partial charge in [-0.15, -0.1) is 0 Å². The molecule has 0 radical (unpaired) electrons. The highest BCUT2D eigenvalue weighted by Crippen LogP contribution is 2.03. The van der Waals surface area contributed by atoms with E-state index in [1.807, 2.05) is 26.0 Å². The first-order valence-corrected chi connectivity index (χ1v) is 4.12. The summed E-state index contributed by atoms with van der Waals surface area (Å²) in [6.07, 6.45) is 3.95. The van der Waals surface area contributed by atoms with Gasteiger partial charge in [0.05, 0.1) is 0 Å². The van der Waals surface area contributed by atoms with Crippen molar-refractivity contribution in [3.8, 4) is 0 Å². The molecule has 0 aliphatic carbocycles. The molecule has 0 N–H and O–H groups in total. The molecular weight excluding hydrogens is 150 g/mol. The molecule has 0 fully saturated rings. The van der Waals surface area contributed by atoms with E-state index >= 15 is 0 Å². The Morgan fingerprint density at radius 3 is 2.50 bits per heavy atom. The first-order chi connectivity index (χ1) is 5.70. The molecule has 0 aliphatic rings. The Labute approximate surface area is 72.6 Å². The summed E-state index contributed by atoms with van der Waals surface area (Å²) in [5.41, 5.74) is 1.05. The minimum atomic E-state index is 0.123. The fourth-order valence-corrected chi connectivity index (χ4v) is 0.906. The lowest BCUT2D eigenvalue weighted by molar-refractivity contribution is -0.121. The Kier molecular flexibility index (Phi) is 2.97. The van der Waals surface area contributed by atoms with Crippen molar-refractivity contribution in [3.05, 3.63) is 30.1 Å². The summed E-state index contributed by atoms with van der Waals surface area (Å²) in [5.74, 6) is 0.402. The van der Waals surface area contributed by atoms with Gasteiger partial charge < -0.3 is 0 Å². The van der Waals surface area contributed by atoms with E-state index in [1.54, 1.807) is 12.4 Å². The lowest BCUT2D eigenvalue weighted by Gasteiger charge is -2.02. The maximum absolute atomic E-state index is 11.3. The Bertz CT molecular complexity index is 254. The van der Waals surface area contributed by atoms with Crippen LogP contribution in [0.3, 0.4) is 0 Å². The number of rotatable bonds is 3. The van der Waals surface area contributed by atoms with Gasteiger partial charge in [0.25, 0.3) is 0 Å². The molecule has 0 saturated heterocycles. The van der Waals surface area contributed by atoms with Crippen molar-refractivity contribution in [3.63, 3.8) is 0 Å². The number of carbonyl (C=O) groups is 1. The highest BCUT2D eigenvalue weighted by Gasteiger charge is 2.06. The van der Waals surface area contributed by atoms with Gasteiger partial charge in [0.2, 0.25) is 0 Å². The average molecular weight is 163 g/mol. The number of hydrogen-bond acceptors (Lipinski definition) is 2. The number of carbonyl (C=O) groups excluding carboxylic acids is 1. The van der Waals surface area contributed by atoms with E-state index in [9.17, 15) is 4.79 Å². The molecule has 2 nitrogen and oxygen atoms in total. The Morgan fingerprint density at radius 2 is 2.00 bits per heavy atom. The summed E-state index contributed by atoms with van der Waals surface area (Å²) in [6.45, 7) is 3.84. The molecular formula is C10H13NO. The zero-order valence-corrected chi connectivity index (χ0v) is 7.45. The second-order valence-electron chi connectivity index (χ2n) is 3.15. The normalized spacial score (nSPS) is 10.2. The first-order valence-electron chi connectivity index (χ1n) is 4.12. The number of aromatic nitrogens is 1. The van der Waals surface area contributed by atoms with Crippen LogP contribution in [0, 0.1) is 5.92 Å². The summed E-state index contributed by atoms with van der Waals surface area (Å²) < 4.78 is 0. The molecule has 0 aromatic carbocycles. The summed E-state index contributed by atoms with van der Waals surface area (Å²) in [5, 5.41) is 0. The molecule has 0 spiro atoms. The standard InChI is InChI=1S/C10H13NO/c1-8(2)10(12)7-9-3-5-11-6-4-9/h3-6,8H,7H2,1-2H3. The third-order valence-electron chi connectivity index (χ3n) is 1.77. The molecule has 0 bridgehead atoms. The van der Waals surface area contributed by atoms with Crippen molar-refractivity contribution in [2.45, 2.75) is 20.3 Å². The Hall–Kier alpha value is -1.18. The van der Waals surface area contributed by atoms with E-state index in [0.29, 0.717) is 6.42 Å². The molecule has 1 rings (SSSR count). The van der Waals surface area contributed by atoms with Crippen molar-refractivity contribution < 1.29 is 4.79 Å². The van der Waals surface area contributed by atoms with Crippen LogP contribution in [0.25, 0.3) is 0 Å². The van der Waals surface area contributed by atoms with Gasteiger partial charge in [0, 0.05) is 24.7 Å². The van der Waals surface area contributed by atoms with E-state index < -0.39 is 0 Å². The van der Waals surface area contributed by atoms with Crippen LogP contribution in [0.5, 0.6) is 0 Å². The highest BCUT2D eigenvalue weighted by atomic mass is 16.1. The largest absolute Gasteiger partial charge is 0.299 e. The SMILES string of the molecule is CC(C)C(=O)Cc1ccncc1. The van der Waals surface area contributed by atoms with Crippen LogP contribution in [-0.2, 0) is 11.2 Å². The summed E-state index contributed by atoms with van der Waals surface area (Å²) in [4.78, 5) is 15.2. The molecule has 2 heteroatoms. The van der Waals surface area contributed by atoms with E-state index in [1.165, 1.54) is 0 Å². The van der Waals surface area contributed by atoms with E-state index in [-0.39, 0.29) is 11.7 Å². The predicted molar refractivity (Wildman–Crippen MR) is 47.8 cm³/mol. The predicted octanol–water partition coefficient (Wildman–Crippen LogP) is 1.85. The molecule has 0 saturated carbocycles. The zero-order chi connectivity index (χ0) is 8.97. The topological polar surface area (TPSA) is 30.0 Å². The molecule has 0 unspecified atom stereocenters. The van der Waals surface area contributed by atoms with Gasteiger partial charge >= 0.3 is 0 Å². The first kappa shape index (κ1) is 8.91. The fourth-order valence-electron chi connectivity index (χ4n) is 0.906. The van der Waals surface area contributed by atoms with Crippen LogP contribution in [-0.4, -0.2) is 10.8 Å². The van der Waals surface area contributed by atoms with Crippen molar-refractivity contribution >= 4 is 5.78 Å². The van der Waals surface area contributed by atoms with Gasteiger partial charge in [-0.1, -0.05) is 13.8 Å². The van der Waals surface area contributed by atoms with Gasteiger partial charge in [0.1, 0.15) is 5.78 Å². The molecule has 64 valence electrons. The maximum Gasteiger partial charge on any atom is 0.139 e. The number of hydrogen-bond donors (Lipinski definition) is 0. The van der Waals surface area contributed by atoms with E-state index in [4.69, 9.17) is 0 Å². The van der Waals surface area contributed by atoms with Crippen LogP contribution in [0.4, 0.5) is 0 Å². The highest BCUT2D eigenvalue weighted by molar-refractivity contribution is 5.82. The Balaban J connectivity index is 2.59. The minimum Gasteiger partial charge on any atom is -0.299 e. The molecule has 12 heavy (non-hydrogen) atoms. The van der Waals surface area contributed by atoms with Crippen molar-refractivity contribution in [1.82, 2.24) is 4.98 Å². The lowest BCUT2D eigenvalue weighted by atomic mass is 10.0. The van der Waals surface area contributed by atoms with Gasteiger partial charge in [-0.25, -0.2) is 0 Å². The minimum absolute atomic E-state index is 0.123. The van der Waals surface area contributed by atoms with Gasteiger partial charge in [-0.3, -0.25) is 9.78 Å². The van der Waals surface area contributed by atoms with Gasteiger partial charge in [-0.2, -0.15) is 0 Å². The molecule has 1 heterocycles. The number of nitrogens with zero attached hydrogens (tertiary/aromatic N) is 1. The maximum atomic E-state index is 11.3. The lowest BCUT2D eigenvalue weighted by Crippen LogP contribution is -2.09. The summed E-state index contributed by atoms with van der Waals surface area (Å²) in [7, 11) is 0. The van der Waals surface area contributed by atoms with Crippen LogP contribution in [0.15, 0.2) is 24.5 Å². The number of pyridine rings is 1. The Morgan fingerprint density at radius 1 is 1.42 bits per heavy atom. The van der Waals surface area contributed by atoms with Gasteiger partial charge in [-0.05, 0) is 17.7 Å². The van der Waals surface area contributed by atoms with E-state index in [2.05, 4.69) is 4.98 Å². The smallest absolute Gasteiger partial charge is 0.139 e. The van der Waals surface area contributed by atoms with Gasteiger partial charge in [0.15, 0.2) is 0 Å². The monoisotopic (exact) mass is 163 g/mol. The fraction of sp³-hybridized carbons (Fsp3) is 0.400. The number of Topliss-reactive ketones (excluding diaryl/α,β-unsaturated/α-hetero) is 1. The third kappa shape index (κ3) is 2.46. The van der Waals surface area contributed by atoms with Crippen LogP contribution >= 0.6 is 0 Å². The van der Waals surface area contributed by atoms with Crippen molar-refractivity contribution in [1.29, 1.82) is 0 Å². The molecule has 1 aromatic heterocycles. The molecule has 0 amide bonds. The van der Waals surface area contributed by atoms with Crippen molar-refractivity contribution in [2.75, 3.05) is 0 Å². The van der Waals surface area contributed by atoms with Crippen molar-refractivity contribution in [2.24, 2.45) is 5.92 Å². The molecule has 1 aromatic rings. The second-order valence-corrected chi connectivity index (χ2v) is 3.15. The average Bonchev–Trinajstić information content (AvgIpc) is 2.06. The molecule has 0 aliphatic heterocycles. The summed E-state index contributed by atoms with van der Waals surface area (Å²) >= 11 is 0. The zero-order valence-electron chi connectivity index (χ0n) is 7.45. The third-order valence-corrected chi connectivity index (χ3v) is 1.77. The van der Waals surface area contributed by atoms with Crippen LogP contribution < -0.4 is 0 Å².